The van der Waals surface area contributed by atoms with E-state index in [1.54, 1.807) is 18.2 Å². The quantitative estimate of drug-likeness (QED) is 0.416. The molecule has 0 atom stereocenters. The zero-order chi connectivity index (χ0) is 20.0. The van der Waals surface area contributed by atoms with Crippen LogP contribution in [0.3, 0.4) is 0 Å². The van der Waals surface area contributed by atoms with Gasteiger partial charge in [-0.1, -0.05) is 12.1 Å². The van der Waals surface area contributed by atoms with Gasteiger partial charge in [-0.3, -0.25) is 4.79 Å². The van der Waals surface area contributed by atoms with E-state index in [0.717, 1.165) is 18.2 Å². The van der Waals surface area contributed by atoms with E-state index in [9.17, 15) is 22.8 Å². The van der Waals surface area contributed by atoms with Crippen molar-refractivity contribution in [3.05, 3.63) is 70.8 Å². The van der Waals surface area contributed by atoms with Crippen LogP contribution in [0.5, 0.6) is 5.75 Å². The van der Waals surface area contributed by atoms with Gasteiger partial charge >= 0.3 is 12.1 Å². The molecule has 0 aliphatic carbocycles. The minimum Gasteiger partial charge on any atom is -0.496 e. The molecule has 0 aliphatic heterocycles. The number of carbonyl (C=O) groups excluding carboxylic acids is 2. The summed E-state index contributed by atoms with van der Waals surface area (Å²) in [5, 5.41) is 0. The number of carbonyl (C=O) groups is 2. The van der Waals surface area contributed by atoms with Gasteiger partial charge in [0.1, 0.15) is 12.4 Å². The Balaban J connectivity index is 2.06. The topological polar surface area (TPSA) is 52.6 Å². The minimum absolute atomic E-state index is 0.143. The third kappa shape index (κ3) is 5.70. The van der Waals surface area contributed by atoms with E-state index in [-0.39, 0.29) is 18.0 Å². The normalized spacial score (nSPS) is 11.4. The lowest BCUT2D eigenvalue weighted by Crippen LogP contribution is -2.05. The number of rotatable bonds is 6. The molecule has 0 bridgehead atoms. The molecule has 142 valence electrons. The van der Waals surface area contributed by atoms with Crippen LogP contribution in [0.25, 0.3) is 6.08 Å². The van der Waals surface area contributed by atoms with E-state index in [1.807, 2.05) is 0 Å². The van der Waals surface area contributed by atoms with Crippen LogP contribution in [-0.4, -0.2) is 18.9 Å². The Morgan fingerprint density at radius 2 is 1.85 bits per heavy atom. The average molecular weight is 378 g/mol. The van der Waals surface area contributed by atoms with Gasteiger partial charge in [0.15, 0.2) is 5.78 Å². The third-order valence-corrected chi connectivity index (χ3v) is 3.68. The highest BCUT2D eigenvalue weighted by Crippen LogP contribution is 2.29. The van der Waals surface area contributed by atoms with Crippen LogP contribution >= 0.6 is 0 Å². The Morgan fingerprint density at radius 1 is 1.11 bits per heavy atom. The van der Waals surface area contributed by atoms with Crippen molar-refractivity contribution < 1.29 is 32.2 Å². The first-order chi connectivity index (χ1) is 12.7. The standard InChI is InChI=1S/C20H17F3O4/c1-13(24)15-7-8-18(26-2)16(11-15)12-27-19(25)9-6-14-4-3-5-17(10-14)20(21,22)23/h3-11H,12H2,1-2H3/b9-6+. The average Bonchev–Trinajstić information content (AvgIpc) is 2.63. The fourth-order valence-electron chi connectivity index (χ4n) is 2.29. The number of benzene rings is 2. The van der Waals surface area contributed by atoms with Crippen molar-refractivity contribution in [2.24, 2.45) is 0 Å². The van der Waals surface area contributed by atoms with Gasteiger partial charge in [-0.05, 0) is 48.9 Å². The van der Waals surface area contributed by atoms with E-state index in [4.69, 9.17) is 9.47 Å². The smallest absolute Gasteiger partial charge is 0.416 e. The lowest BCUT2D eigenvalue weighted by atomic mass is 10.1. The van der Waals surface area contributed by atoms with Crippen molar-refractivity contribution in [3.8, 4) is 5.75 Å². The van der Waals surface area contributed by atoms with E-state index >= 15 is 0 Å². The summed E-state index contributed by atoms with van der Waals surface area (Å²) < 4.78 is 48.3. The molecule has 0 N–H and O–H groups in total. The van der Waals surface area contributed by atoms with Crippen LogP contribution in [0.15, 0.2) is 48.5 Å². The molecule has 2 aromatic rings. The number of esters is 1. The molecular weight excluding hydrogens is 361 g/mol. The first-order valence-electron chi connectivity index (χ1n) is 7.90. The van der Waals surface area contributed by atoms with Crippen molar-refractivity contribution in [1.82, 2.24) is 0 Å². The van der Waals surface area contributed by atoms with Gasteiger partial charge in [-0.25, -0.2) is 4.79 Å². The number of hydrogen-bond donors (Lipinski definition) is 0. The second kappa shape index (κ2) is 8.53. The third-order valence-electron chi connectivity index (χ3n) is 3.68. The summed E-state index contributed by atoms with van der Waals surface area (Å²) in [6.45, 7) is 1.27. The molecule has 4 nitrogen and oxygen atoms in total. The van der Waals surface area contributed by atoms with Gasteiger partial charge in [0.25, 0.3) is 0 Å². The molecule has 7 heteroatoms. The van der Waals surface area contributed by atoms with Crippen LogP contribution in [0.1, 0.15) is 34.0 Å². The van der Waals surface area contributed by atoms with Crippen molar-refractivity contribution in [2.45, 2.75) is 19.7 Å². The van der Waals surface area contributed by atoms with Gasteiger partial charge in [-0.15, -0.1) is 0 Å². The Bertz CT molecular complexity index is 870. The van der Waals surface area contributed by atoms with Crippen LogP contribution in [0.2, 0.25) is 0 Å². The summed E-state index contributed by atoms with van der Waals surface area (Å²) >= 11 is 0. The summed E-state index contributed by atoms with van der Waals surface area (Å²) in [5.41, 5.74) is 0.370. The second-order valence-electron chi connectivity index (χ2n) is 5.65. The molecule has 0 heterocycles. The number of ketones is 1. The number of methoxy groups -OCH3 is 1. The molecule has 2 aromatic carbocycles. The van der Waals surface area contributed by atoms with Gasteiger partial charge in [-0.2, -0.15) is 13.2 Å². The molecule has 27 heavy (non-hydrogen) atoms. The molecule has 0 aromatic heterocycles. The van der Waals surface area contributed by atoms with Crippen molar-refractivity contribution in [1.29, 1.82) is 0 Å². The van der Waals surface area contributed by atoms with Crippen molar-refractivity contribution in [2.75, 3.05) is 7.11 Å². The molecule has 0 saturated carbocycles. The Kier molecular flexibility index (Phi) is 6.39. The number of ether oxygens (including phenoxy) is 2. The summed E-state index contributed by atoms with van der Waals surface area (Å²) in [6.07, 6.45) is -2.18. The zero-order valence-electron chi connectivity index (χ0n) is 14.7. The lowest BCUT2D eigenvalue weighted by molar-refractivity contribution is -0.139. The highest BCUT2D eigenvalue weighted by atomic mass is 19.4. The van der Waals surface area contributed by atoms with Gasteiger partial charge < -0.3 is 9.47 Å². The maximum atomic E-state index is 12.7. The largest absolute Gasteiger partial charge is 0.496 e. The van der Waals surface area contributed by atoms with Gasteiger partial charge in [0, 0.05) is 17.2 Å². The Morgan fingerprint density at radius 3 is 2.48 bits per heavy atom. The highest BCUT2D eigenvalue weighted by molar-refractivity contribution is 5.94. The molecule has 0 unspecified atom stereocenters. The summed E-state index contributed by atoms with van der Waals surface area (Å²) in [5.74, 6) is -0.424. The number of hydrogen-bond acceptors (Lipinski definition) is 4. The van der Waals surface area contributed by atoms with E-state index in [2.05, 4.69) is 0 Å². The Hall–Kier alpha value is -3.09. The number of Topliss-reactive ketones (excluding diaryl/α,β-unsaturated/α-hetero) is 1. The van der Waals surface area contributed by atoms with Crippen molar-refractivity contribution in [3.63, 3.8) is 0 Å². The fraction of sp³-hybridized carbons (Fsp3) is 0.200. The van der Waals surface area contributed by atoms with E-state index < -0.39 is 17.7 Å². The van der Waals surface area contributed by atoms with Gasteiger partial charge in [0.05, 0.1) is 12.7 Å². The molecule has 0 fully saturated rings. The predicted octanol–water partition coefficient (Wildman–Crippen LogP) is 4.67. The highest BCUT2D eigenvalue weighted by Gasteiger charge is 2.30. The monoisotopic (exact) mass is 378 g/mol. The molecule has 0 aliphatic rings. The minimum atomic E-state index is -4.46. The SMILES string of the molecule is COc1ccc(C(C)=O)cc1COC(=O)/C=C/c1cccc(C(F)(F)F)c1. The number of halogens is 3. The zero-order valence-corrected chi connectivity index (χ0v) is 14.7. The van der Waals surface area contributed by atoms with Crippen LogP contribution in [0.4, 0.5) is 13.2 Å². The maximum Gasteiger partial charge on any atom is 0.416 e. The van der Waals surface area contributed by atoms with Gasteiger partial charge in [0.2, 0.25) is 0 Å². The molecule has 0 radical (unpaired) electrons. The molecule has 0 spiro atoms. The number of alkyl halides is 3. The predicted molar refractivity (Wildman–Crippen MR) is 93.3 cm³/mol. The molecule has 2 rings (SSSR count). The Labute approximate surface area is 154 Å². The first-order valence-corrected chi connectivity index (χ1v) is 7.90. The van der Waals surface area contributed by atoms with E-state index in [1.165, 1.54) is 32.2 Å². The maximum absolute atomic E-state index is 12.7. The summed E-state index contributed by atoms with van der Waals surface area (Å²) in [6, 6.07) is 9.33. The first kappa shape index (κ1) is 20.2. The molecular formula is C20H17F3O4. The van der Waals surface area contributed by atoms with Crippen LogP contribution < -0.4 is 4.74 Å². The summed E-state index contributed by atoms with van der Waals surface area (Å²) in [4.78, 5) is 23.3. The molecule has 0 saturated heterocycles. The second-order valence-corrected chi connectivity index (χ2v) is 5.65. The lowest BCUT2D eigenvalue weighted by Gasteiger charge is -2.10. The van der Waals surface area contributed by atoms with Crippen LogP contribution in [-0.2, 0) is 22.3 Å². The summed E-state index contributed by atoms with van der Waals surface area (Å²) in [7, 11) is 1.45. The van der Waals surface area contributed by atoms with Crippen LogP contribution in [0, 0.1) is 0 Å². The molecule has 0 amide bonds. The van der Waals surface area contributed by atoms with Crippen molar-refractivity contribution >= 4 is 17.8 Å². The fourth-order valence-corrected chi connectivity index (χ4v) is 2.29. The van der Waals surface area contributed by atoms with E-state index in [0.29, 0.717) is 16.9 Å².